The summed E-state index contributed by atoms with van der Waals surface area (Å²) in [4.78, 5) is 20.7. The highest BCUT2D eigenvalue weighted by Gasteiger charge is 2.12. The van der Waals surface area contributed by atoms with Crippen molar-refractivity contribution >= 4 is 46.6 Å². The Labute approximate surface area is 179 Å². The Morgan fingerprint density at radius 1 is 1.14 bits per heavy atom. The number of H-pyrrole nitrogens is 1. The maximum Gasteiger partial charge on any atom is 0.234 e. The number of rotatable bonds is 6. The summed E-state index contributed by atoms with van der Waals surface area (Å²) in [5.74, 6) is 0.505. The molecule has 0 aliphatic heterocycles. The van der Waals surface area contributed by atoms with Crippen molar-refractivity contribution in [2.24, 2.45) is 0 Å². The number of carbonyl (C=O) groups is 1. The second kappa shape index (κ2) is 8.64. The molecule has 2 N–H and O–H groups in total. The summed E-state index contributed by atoms with van der Waals surface area (Å²) in [7, 11) is 0. The van der Waals surface area contributed by atoms with Crippen LogP contribution in [0.1, 0.15) is 0 Å². The van der Waals surface area contributed by atoms with E-state index in [1.54, 1.807) is 41.3 Å². The highest BCUT2D eigenvalue weighted by atomic mass is 35.5. The molecule has 2 aromatic heterocycles. The first-order valence-electron chi connectivity index (χ1n) is 8.34. The Kier molecular flexibility index (Phi) is 5.79. The van der Waals surface area contributed by atoms with Crippen LogP contribution in [-0.2, 0) is 4.79 Å². The molecule has 8 nitrogen and oxygen atoms in total. The van der Waals surface area contributed by atoms with E-state index in [1.807, 2.05) is 12.1 Å². The number of benzene rings is 2. The molecule has 0 atom stereocenters. The van der Waals surface area contributed by atoms with E-state index in [9.17, 15) is 4.79 Å². The summed E-state index contributed by atoms with van der Waals surface area (Å²) in [6.07, 6.45) is 2.96. The molecule has 146 valence electrons. The number of hydrogen-bond acceptors (Lipinski definition) is 6. The number of aromatic amines is 1. The molecule has 0 fully saturated rings. The van der Waals surface area contributed by atoms with Crippen molar-refractivity contribution in [1.29, 1.82) is 0 Å². The molecule has 2 aromatic carbocycles. The van der Waals surface area contributed by atoms with Gasteiger partial charge in [0.25, 0.3) is 0 Å². The Balaban J connectivity index is 1.41. The molecule has 0 unspecified atom stereocenters. The minimum absolute atomic E-state index is 0.126. The van der Waals surface area contributed by atoms with E-state index < -0.39 is 0 Å². The Morgan fingerprint density at radius 3 is 2.69 bits per heavy atom. The van der Waals surface area contributed by atoms with Crippen LogP contribution in [0.5, 0.6) is 0 Å². The molecule has 2 heterocycles. The number of nitrogens with one attached hydrogen (secondary N) is 2. The third-order valence-electron chi connectivity index (χ3n) is 3.81. The second-order valence-corrected chi connectivity index (χ2v) is 7.63. The normalized spacial score (nSPS) is 10.8. The summed E-state index contributed by atoms with van der Waals surface area (Å²) in [5.41, 5.74) is 2.05. The first kappa shape index (κ1) is 19.4. The number of hydrogen-bond donors (Lipinski definition) is 2. The van der Waals surface area contributed by atoms with E-state index >= 15 is 0 Å². The van der Waals surface area contributed by atoms with E-state index in [-0.39, 0.29) is 11.7 Å². The lowest BCUT2D eigenvalue weighted by atomic mass is 10.2. The molecule has 0 aliphatic carbocycles. The molecule has 0 saturated carbocycles. The van der Waals surface area contributed by atoms with Crippen LogP contribution in [0.4, 0.5) is 5.69 Å². The quantitative estimate of drug-likeness (QED) is 0.433. The number of amides is 1. The minimum atomic E-state index is -0.225. The average Bonchev–Trinajstić information content (AvgIpc) is 3.39. The van der Waals surface area contributed by atoms with Gasteiger partial charge in [0.15, 0.2) is 5.82 Å². The van der Waals surface area contributed by atoms with Crippen LogP contribution in [0.25, 0.3) is 17.1 Å². The highest BCUT2D eigenvalue weighted by molar-refractivity contribution is 7.99. The van der Waals surface area contributed by atoms with Crippen LogP contribution >= 0.6 is 35.0 Å². The van der Waals surface area contributed by atoms with Crippen LogP contribution in [0.15, 0.2) is 60.3 Å². The first-order chi connectivity index (χ1) is 14.1. The molecule has 0 bridgehead atoms. The number of carbonyl (C=O) groups excluding carboxylic acids is 1. The van der Waals surface area contributed by atoms with Gasteiger partial charge in [0, 0.05) is 15.6 Å². The molecule has 0 spiro atoms. The van der Waals surface area contributed by atoms with E-state index in [4.69, 9.17) is 23.2 Å². The molecule has 4 rings (SSSR count). The minimum Gasteiger partial charge on any atom is -0.323 e. The monoisotopic (exact) mass is 445 g/mol. The van der Waals surface area contributed by atoms with Gasteiger partial charge < -0.3 is 5.32 Å². The summed E-state index contributed by atoms with van der Waals surface area (Å²) in [6.45, 7) is 0. The molecule has 1 amide bonds. The zero-order valence-corrected chi connectivity index (χ0v) is 17.0. The van der Waals surface area contributed by atoms with Crippen molar-refractivity contribution in [3.63, 3.8) is 0 Å². The summed E-state index contributed by atoms with van der Waals surface area (Å²) >= 11 is 13.2. The first-order valence-corrected chi connectivity index (χ1v) is 10.1. The number of nitrogens with zero attached hydrogens (tertiary/aromatic N) is 5. The summed E-state index contributed by atoms with van der Waals surface area (Å²) in [5, 5.41) is 15.5. The Morgan fingerprint density at radius 2 is 1.93 bits per heavy atom. The largest absolute Gasteiger partial charge is 0.323 e. The topological polar surface area (TPSA) is 101 Å². The fourth-order valence-electron chi connectivity index (χ4n) is 2.50. The smallest absolute Gasteiger partial charge is 0.234 e. The molecule has 0 aliphatic rings. The van der Waals surface area contributed by atoms with Gasteiger partial charge >= 0.3 is 0 Å². The predicted molar refractivity (Wildman–Crippen MR) is 113 cm³/mol. The van der Waals surface area contributed by atoms with E-state index in [1.165, 1.54) is 18.1 Å². The fraction of sp³-hybridized carbons (Fsp3) is 0.0556. The van der Waals surface area contributed by atoms with E-state index in [0.29, 0.717) is 32.4 Å². The zero-order valence-electron chi connectivity index (χ0n) is 14.7. The van der Waals surface area contributed by atoms with Gasteiger partial charge in [-0.25, -0.2) is 14.6 Å². The van der Waals surface area contributed by atoms with Crippen molar-refractivity contribution in [3.05, 3.63) is 65.2 Å². The molecule has 4 aromatic rings. The molecule has 0 radical (unpaired) electrons. The second-order valence-electron chi connectivity index (χ2n) is 5.81. The van der Waals surface area contributed by atoms with Crippen molar-refractivity contribution in [2.75, 3.05) is 11.1 Å². The lowest BCUT2D eigenvalue weighted by Crippen LogP contribution is -2.16. The average molecular weight is 446 g/mol. The van der Waals surface area contributed by atoms with Gasteiger partial charge in [-0.05, 0) is 42.5 Å². The SMILES string of the molecule is O=C(CSc1n[nH]c(-c2ccc(Cl)cc2)n1)Nc1cc(Cl)ccc1-n1cncn1. The number of halogens is 2. The van der Waals surface area contributed by atoms with Crippen LogP contribution < -0.4 is 5.32 Å². The van der Waals surface area contributed by atoms with Crippen LogP contribution in [0, 0.1) is 0 Å². The van der Waals surface area contributed by atoms with Gasteiger partial charge in [0.2, 0.25) is 11.1 Å². The molecular formula is C18H13Cl2N7OS. The van der Waals surface area contributed by atoms with Crippen molar-refractivity contribution in [3.8, 4) is 17.1 Å². The van der Waals surface area contributed by atoms with Gasteiger partial charge in [-0.2, -0.15) is 5.10 Å². The Hall–Kier alpha value is -2.88. The lowest BCUT2D eigenvalue weighted by Gasteiger charge is -2.11. The maximum atomic E-state index is 12.4. The van der Waals surface area contributed by atoms with Gasteiger partial charge in [-0.3, -0.25) is 9.89 Å². The summed E-state index contributed by atoms with van der Waals surface area (Å²) < 4.78 is 1.55. The van der Waals surface area contributed by atoms with Crippen LogP contribution in [-0.4, -0.2) is 41.6 Å². The number of aromatic nitrogens is 6. The maximum absolute atomic E-state index is 12.4. The molecule has 29 heavy (non-hydrogen) atoms. The van der Waals surface area contributed by atoms with Crippen LogP contribution in [0.2, 0.25) is 10.0 Å². The van der Waals surface area contributed by atoms with E-state index in [0.717, 1.165) is 5.56 Å². The fourth-order valence-corrected chi connectivity index (χ4v) is 3.40. The van der Waals surface area contributed by atoms with Crippen molar-refractivity contribution in [1.82, 2.24) is 29.9 Å². The van der Waals surface area contributed by atoms with Crippen molar-refractivity contribution in [2.45, 2.75) is 5.16 Å². The van der Waals surface area contributed by atoms with Gasteiger partial charge in [0.05, 0.1) is 17.1 Å². The van der Waals surface area contributed by atoms with E-state index in [2.05, 4.69) is 30.6 Å². The highest BCUT2D eigenvalue weighted by Crippen LogP contribution is 2.25. The van der Waals surface area contributed by atoms with Gasteiger partial charge in [-0.1, -0.05) is 35.0 Å². The lowest BCUT2D eigenvalue weighted by molar-refractivity contribution is -0.113. The van der Waals surface area contributed by atoms with Gasteiger partial charge in [-0.15, -0.1) is 5.10 Å². The predicted octanol–water partition coefficient (Wildman–Crippen LogP) is 4.09. The number of anilines is 1. The summed E-state index contributed by atoms with van der Waals surface area (Å²) in [6, 6.07) is 12.4. The Bertz CT molecular complexity index is 1130. The third-order valence-corrected chi connectivity index (χ3v) is 5.15. The molecule has 0 saturated heterocycles. The molecule has 11 heteroatoms. The molecular weight excluding hydrogens is 433 g/mol. The third kappa shape index (κ3) is 4.76. The zero-order chi connectivity index (χ0) is 20.2. The van der Waals surface area contributed by atoms with Crippen molar-refractivity contribution < 1.29 is 4.79 Å². The standard InChI is InChI=1S/C18H13Cl2N7OS/c19-12-3-1-11(2-4-12)17-24-18(26-25-17)29-8-16(28)23-14-7-13(20)5-6-15(14)27-10-21-9-22-27/h1-7,9-10H,8H2,(H,23,28)(H,24,25,26). The number of thioether (sulfide) groups is 1. The van der Waals surface area contributed by atoms with Crippen LogP contribution in [0.3, 0.4) is 0 Å². The van der Waals surface area contributed by atoms with Gasteiger partial charge in [0.1, 0.15) is 12.7 Å².